The van der Waals surface area contributed by atoms with E-state index < -0.39 is 30.6 Å². The lowest BCUT2D eigenvalue weighted by Crippen LogP contribution is -2.38. The van der Waals surface area contributed by atoms with Gasteiger partial charge in [-0.1, -0.05) is 0 Å². The summed E-state index contributed by atoms with van der Waals surface area (Å²) in [6.07, 6.45) is -1.44. The fourth-order valence-electron chi connectivity index (χ4n) is 3.22. The Balaban J connectivity index is 1.63. The minimum atomic E-state index is -0.613. The monoisotopic (exact) mass is 393 g/mol. The van der Waals surface area contributed by atoms with Crippen LogP contribution in [0.5, 0.6) is 0 Å². The summed E-state index contributed by atoms with van der Waals surface area (Å²) in [6, 6.07) is 5.16. The summed E-state index contributed by atoms with van der Waals surface area (Å²) < 4.78 is 23.1. The zero-order chi connectivity index (χ0) is 20.5. The van der Waals surface area contributed by atoms with Gasteiger partial charge in [0, 0.05) is 11.4 Å². The van der Waals surface area contributed by atoms with E-state index in [1.807, 2.05) is 0 Å². The first-order chi connectivity index (χ1) is 13.2. The molecule has 0 saturated carbocycles. The number of alkyl halides is 1. The molecule has 3 rings (SSSR count). The van der Waals surface area contributed by atoms with E-state index >= 15 is 0 Å². The van der Waals surface area contributed by atoms with Gasteiger partial charge in [0.15, 0.2) is 0 Å². The van der Waals surface area contributed by atoms with Gasteiger partial charge >= 0.3 is 12.2 Å². The molecule has 28 heavy (non-hydrogen) atoms. The highest BCUT2D eigenvalue weighted by Crippen LogP contribution is 2.33. The highest BCUT2D eigenvalue weighted by atomic mass is 19.1. The molecule has 3 amide bonds. The van der Waals surface area contributed by atoms with Crippen LogP contribution >= 0.6 is 0 Å². The van der Waals surface area contributed by atoms with Crippen LogP contribution in [0.2, 0.25) is 0 Å². The average molecular weight is 393 g/mol. The Labute approximate surface area is 162 Å². The number of carbonyl (C=O) groups excluding carboxylic acids is 3. The van der Waals surface area contributed by atoms with Crippen molar-refractivity contribution in [3.8, 4) is 0 Å². The number of rotatable bonds is 5. The number of amides is 3. The summed E-state index contributed by atoms with van der Waals surface area (Å²) >= 11 is 0. The van der Waals surface area contributed by atoms with Gasteiger partial charge < -0.3 is 19.7 Å². The summed E-state index contributed by atoms with van der Waals surface area (Å²) in [6.45, 7) is 5.08. The Hall–Kier alpha value is -2.84. The summed E-state index contributed by atoms with van der Waals surface area (Å²) in [5, 5.41) is 2.59. The van der Waals surface area contributed by atoms with Crippen LogP contribution in [-0.4, -0.2) is 56.1 Å². The molecule has 0 bridgehead atoms. The number of anilines is 2. The number of benzene rings is 1. The molecular weight excluding hydrogens is 369 g/mol. The van der Waals surface area contributed by atoms with Crippen LogP contribution in [0.4, 0.5) is 25.4 Å². The van der Waals surface area contributed by atoms with Crippen LogP contribution < -0.4 is 15.1 Å². The zero-order valence-corrected chi connectivity index (χ0v) is 16.2. The molecule has 2 aliphatic rings. The Bertz CT molecular complexity index is 792. The van der Waals surface area contributed by atoms with Crippen LogP contribution in [0.1, 0.15) is 26.3 Å². The van der Waals surface area contributed by atoms with Crippen LogP contribution in [0.15, 0.2) is 18.2 Å². The number of nitrogens with one attached hydrogen (secondary N) is 1. The Morgan fingerprint density at radius 2 is 2.11 bits per heavy atom. The number of hydrogen-bond donors (Lipinski definition) is 1. The predicted octanol–water partition coefficient (Wildman–Crippen LogP) is 2.40. The number of alkyl carbamates (subject to hydrolysis) is 1. The van der Waals surface area contributed by atoms with Crippen molar-refractivity contribution in [1.29, 1.82) is 0 Å². The van der Waals surface area contributed by atoms with Gasteiger partial charge in [-0.25, -0.2) is 14.0 Å². The summed E-state index contributed by atoms with van der Waals surface area (Å²) in [4.78, 5) is 38.8. The van der Waals surface area contributed by atoms with E-state index in [9.17, 15) is 18.8 Å². The van der Waals surface area contributed by atoms with Gasteiger partial charge in [0.05, 0.1) is 26.1 Å². The van der Waals surface area contributed by atoms with Gasteiger partial charge in [0.2, 0.25) is 5.91 Å². The van der Waals surface area contributed by atoms with E-state index in [2.05, 4.69) is 5.32 Å². The van der Waals surface area contributed by atoms with E-state index in [1.54, 1.807) is 39.0 Å². The molecule has 1 fully saturated rings. The van der Waals surface area contributed by atoms with Gasteiger partial charge in [-0.3, -0.25) is 9.69 Å². The molecule has 2 aliphatic heterocycles. The fraction of sp³-hybridized carbons (Fsp3) is 0.526. The predicted molar refractivity (Wildman–Crippen MR) is 100 cm³/mol. The van der Waals surface area contributed by atoms with E-state index in [-0.39, 0.29) is 32.0 Å². The maximum atomic E-state index is 12.6. The van der Waals surface area contributed by atoms with E-state index in [0.29, 0.717) is 11.4 Å². The Morgan fingerprint density at radius 1 is 1.36 bits per heavy atom. The van der Waals surface area contributed by atoms with E-state index in [4.69, 9.17) is 9.47 Å². The highest BCUT2D eigenvalue weighted by molar-refractivity contribution is 6.02. The molecule has 0 spiro atoms. The average Bonchev–Trinajstić information content (AvgIpc) is 3.11. The van der Waals surface area contributed by atoms with Gasteiger partial charge in [-0.2, -0.15) is 0 Å². The van der Waals surface area contributed by atoms with Crippen molar-refractivity contribution in [2.75, 3.05) is 36.1 Å². The summed E-state index contributed by atoms with van der Waals surface area (Å²) in [7, 11) is 0. The largest absolute Gasteiger partial charge is 0.444 e. The molecule has 1 unspecified atom stereocenters. The number of ether oxygens (including phenoxy) is 2. The smallest absolute Gasteiger partial charge is 0.414 e. The van der Waals surface area contributed by atoms with Crippen LogP contribution in [-0.2, 0) is 20.7 Å². The number of hydrogen-bond acceptors (Lipinski definition) is 5. The van der Waals surface area contributed by atoms with Crippen molar-refractivity contribution in [3.63, 3.8) is 0 Å². The SMILES string of the molecule is CC(C)(C)OC(=O)NCC1CN(c2ccc3c(c2)CC(=O)N3CCF)C(=O)O1. The molecule has 0 aromatic heterocycles. The number of nitrogens with zero attached hydrogens (tertiary/aromatic N) is 2. The second kappa shape index (κ2) is 7.65. The lowest BCUT2D eigenvalue weighted by molar-refractivity contribution is -0.117. The molecule has 1 atom stereocenters. The molecule has 1 aromatic carbocycles. The first-order valence-corrected chi connectivity index (χ1v) is 9.12. The minimum Gasteiger partial charge on any atom is -0.444 e. The molecule has 2 heterocycles. The number of fused-ring (bicyclic) bond motifs is 1. The fourth-order valence-corrected chi connectivity index (χ4v) is 3.22. The zero-order valence-electron chi connectivity index (χ0n) is 16.2. The minimum absolute atomic E-state index is 0.0232. The van der Waals surface area contributed by atoms with E-state index in [0.717, 1.165) is 5.56 Å². The Kier molecular flexibility index (Phi) is 5.44. The molecule has 1 N–H and O–H groups in total. The third kappa shape index (κ3) is 4.35. The molecule has 0 aliphatic carbocycles. The van der Waals surface area contributed by atoms with Gasteiger partial charge in [0.25, 0.3) is 0 Å². The molecule has 1 aromatic rings. The van der Waals surface area contributed by atoms with Crippen molar-refractivity contribution in [3.05, 3.63) is 23.8 Å². The lowest BCUT2D eigenvalue weighted by atomic mass is 10.1. The third-order valence-electron chi connectivity index (χ3n) is 4.36. The van der Waals surface area contributed by atoms with Gasteiger partial charge in [0.1, 0.15) is 18.4 Å². The third-order valence-corrected chi connectivity index (χ3v) is 4.36. The van der Waals surface area contributed by atoms with Crippen LogP contribution in [0.25, 0.3) is 0 Å². The first kappa shape index (κ1) is 19.9. The second-order valence-corrected chi connectivity index (χ2v) is 7.72. The topological polar surface area (TPSA) is 88.2 Å². The van der Waals surface area contributed by atoms with Crippen molar-refractivity contribution >= 4 is 29.5 Å². The number of halogens is 1. The van der Waals surface area contributed by atoms with Crippen LogP contribution in [0, 0.1) is 0 Å². The Morgan fingerprint density at radius 3 is 2.79 bits per heavy atom. The molecule has 8 nitrogen and oxygen atoms in total. The van der Waals surface area contributed by atoms with Crippen molar-refractivity contribution in [1.82, 2.24) is 5.32 Å². The van der Waals surface area contributed by atoms with Crippen molar-refractivity contribution in [2.24, 2.45) is 0 Å². The molecule has 1 saturated heterocycles. The summed E-state index contributed by atoms with van der Waals surface area (Å²) in [5.41, 5.74) is 1.40. The van der Waals surface area contributed by atoms with Crippen LogP contribution in [0.3, 0.4) is 0 Å². The lowest BCUT2D eigenvalue weighted by Gasteiger charge is -2.20. The molecule has 9 heteroatoms. The molecule has 0 radical (unpaired) electrons. The quantitative estimate of drug-likeness (QED) is 0.830. The van der Waals surface area contributed by atoms with E-state index in [1.165, 1.54) is 9.80 Å². The van der Waals surface area contributed by atoms with Crippen molar-refractivity contribution < 1.29 is 28.2 Å². The summed E-state index contributed by atoms with van der Waals surface area (Å²) in [5.74, 6) is -0.159. The van der Waals surface area contributed by atoms with Crippen molar-refractivity contribution in [2.45, 2.75) is 38.9 Å². The number of cyclic esters (lactones) is 1. The highest BCUT2D eigenvalue weighted by Gasteiger charge is 2.34. The standard InChI is InChI=1S/C19H24FN3O5/c1-19(2,3)28-17(25)21-10-14-11-23(18(26)27-14)13-4-5-15-12(8-13)9-16(24)22(15)7-6-20/h4-5,8,14H,6-7,9-11H2,1-3H3,(H,21,25). The molecular formula is C19H24FN3O5. The second-order valence-electron chi connectivity index (χ2n) is 7.72. The normalized spacial score (nSPS) is 18.9. The maximum Gasteiger partial charge on any atom is 0.414 e. The molecule has 152 valence electrons. The van der Waals surface area contributed by atoms with Gasteiger partial charge in [-0.15, -0.1) is 0 Å². The number of carbonyl (C=O) groups is 3. The first-order valence-electron chi connectivity index (χ1n) is 9.12. The van der Waals surface area contributed by atoms with Gasteiger partial charge in [-0.05, 0) is 44.5 Å². The maximum absolute atomic E-state index is 12.6.